The van der Waals surface area contributed by atoms with Crippen molar-refractivity contribution in [3.05, 3.63) is 33.9 Å². The second kappa shape index (κ2) is 5.63. The Hall–Kier alpha value is -2.25. The molecule has 0 bridgehead atoms. The minimum absolute atomic E-state index is 0.131. The molecule has 1 fully saturated rings. The maximum atomic E-state index is 14.0. The SMILES string of the molecule is CC1CCN(c2c(F)cc([N+](=O)[O-])cc2F)C(C(=O)O)C1. The zero-order valence-corrected chi connectivity index (χ0v) is 11.3. The lowest BCUT2D eigenvalue weighted by Crippen LogP contribution is -2.47. The smallest absolute Gasteiger partial charge is 0.326 e. The van der Waals surface area contributed by atoms with Crippen LogP contribution in [0.1, 0.15) is 19.8 Å². The molecule has 1 heterocycles. The largest absolute Gasteiger partial charge is 0.480 e. The summed E-state index contributed by atoms with van der Waals surface area (Å²) >= 11 is 0. The first-order valence-corrected chi connectivity index (χ1v) is 6.44. The third-order valence-corrected chi connectivity index (χ3v) is 3.65. The lowest BCUT2D eigenvalue weighted by molar-refractivity contribution is -0.385. The van der Waals surface area contributed by atoms with Crippen LogP contribution in [0.2, 0.25) is 0 Å². The van der Waals surface area contributed by atoms with Crippen LogP contribution >= 0.6 is 0 Å². The summed E-state index contributed by atoms with van der Waals surface area (Å²) in [4.78, 5) is 22.1. The van der Waals surface area contributed by atoms with Crippen molar-refractivity contribution in [3.63, 3.8) is 0 Å². The van der Waals surface area contributed by atoms with Crippen molar-refractivity contribution in [1.29, 1.82) is 0 Å². The first kappa shape index (κ1) is 15.1. The summed E-state index contributed by atoms with van der Waals surface area (Å²) in [6.45, 7) is 2.06. The fourth-order valence-corrected chi connectivity index (χ4v) is 2.58. The minimum atomic E-state index is -1.17. The van der Waals surface area contributed by atoms with Gasteiger partial charge in [-0.3, -0.25) is 10.1 Å². The Balaban J connectivity index is 2.44. The quantitative estimate of drug-likeness (QED) is 0.685. The van der Waals surface area contributed by atoms with Crippen molar-refractivity contribution >= 4 is 17.3 Å². The van der Waals surface area contributed by atoms with E-state index in [0.29, 0.717) is 18.6 Å². The van der Waals surface area contributed by atoms with Gasteiger partial charge in [-0.1, -0.05) is 6.92 Å². The number of anilines is 1. The molecule has 2 unspecified atom stereocenters. The Bertz CT molecular complexity index is 571. The number of carboxylic acids is 1. The van der Waals surface area contributed by atoms with Crippen LogP contribution in [0.5, 0.6) is 0 Å². The van der Waals surface area contributed by atoms with E-state index in [1.165, 1.54) is 0 Å². The topological polar surface area (TPSA) is 83.7 Å². The molecule has 0 spiro atoms. The van der Waals surface area contributed by atoms with Crippen molar-refractivity contribution in [3.8, 4) is 0 Å². The van der Waals surface area contributed by atoms with Crippen LogP contribution in [0.3, 0.4) is 0 Å². The molecule has 0 saturated carbocycles. The lowest BCUT2D eigenvalue weighted by Gasteiger charge is -2.37. The van der Waals surface area contributed by atoms with Crippen LogP contribution in [0.4, 0.5) is 20.2 Å². The second-order valence-electron chi connectivity index (χ2n) is 5.19. The van der Waals surface area contributed by atoms with Gasteiger partial charge in [-0.05, 0) is 18.8 Å². The van der Waals surface area contributed by atoms with Crippen LogP contribution in [0, 0.1) is 27.7 Å². The molecular weight excluding hydrogens is 286 g/mol. The third kappa shape index (κ3) is 2.93. The Morgan fingerprint density at radius 3 is 2.48 bits per heavy atom. The van der Waals surface area contributed by atoms with Gasteiger partial charge >= 0.3 is 5.97 Å². The van der Waals surface area contributed by atoms with E-state index < -0.39 is 39.9 Å². The van der Waals surface area contributed by atoms with Crippen molar-refractivity contribution < 1.29 is 23.6 Å². The Morgan fingerprint density at radius 1 is 1.43 bits per heavy atom. The number of hydrogen-bond acceptors (Lipinski definition) is 4. The van der Waals surface area contributed by atoms with Crippen molar-refractivity contribution in [2.75, 3.05) is 11.4 Å². The minimum Gasteiger partial charge on any atom is -0.480 e. The highest BCUT2D eigenvalue weighted by Crippen LogP contribution is 2.34. The van der Waals surface area contributed by atoms with E-state index in [2.05, 4.69) is 0 Å². The number of nitrogens with zero attached hydrogens (tertiary/aromatic N) is 2. The molecule has 2 atom stereocenters. The maximum absolute atomic E-state index is 14.0. The normalized spacial score (nSPS) is 22.1. The van der Waals surface area contributed by atoms with Gasteiger partial charge in [-0.15, -0.1) is 0 Å². The number of piperidine rings is 1. The molecule has 21 heavy (non-hydrogen) atoms. The zero-order chi connectivity index (χ0) is 15.7. The van der Waals surface area contributed by atoms with Crippen LogP contribution in [-0.2, 0) is 4.79 Å². The zero-order valence-electron chi connectivity index (χ0n) is 11.3. The number of nitro groups is 1. The average Bonchev–Trinajstić information content (AvgIpc) is 2.39. The number of halogens is 2. The van der Waals surface area contributed by atoms with Gasteiger partial charge in [0, 0.05) is 6.54 Å². The Morgan fingerprint density at radius 2 is 2.00 bits per heavy atom. The van der Waals surface area contributed by atoms with Crippen molar-refractivity contribution in [1.82, 2.24) is 0 Å². The lowest BCUT2D eigenvalue weighted by atomic mass is 9.92. The molecule has 1 aromatic carbocycles. The molecule has 1 aromatic rings. The molecule has 1 saturated heterocycles. The molecular formula is C13H14F2N2O4. The summed E-state index contributed by atoms with van der Waals surface area (Å²) in [6, 6.07) is 0.171. The van der Waals surface area contributed by atoms with Crippen LogP contribution in [-0.4, -0.2) is 28.6 Å². The summed E-state index contributed by atoms with van der Waals surface area (Å²) in [5, 5.41) is 19.8. The summed E-state index contributed by atoms with van der Waals surface area (Å²) in [6.07, 6.45) is 0.866. The first-order chi connectivity index (χ1) is 9.81. The third-order valence-electron chi connectivity index (χ3n) is 3.65. The molecule has 2 rings (SSSR count). The first-order valence-electron chi connectivity index (χ1n) is 6.44. The van der Waals surface area contributed by atoms with Gasteiger partial charge in [0.15, 0.2) is 11.6 Å². The standard InChI is InChI=1S/C13H14F2N2O4/c1-7-2-3-16(11(4-7)13(18)19)12-9(14)5-8(17(20)21)6-10(12)15/h5-7,11H,2-4H2,1H3,(H,18,19). The Labute approximate surface area is 119 Å². The number of rotatable bonds is 3. The van der Waals surface area contributed by atoms with E-state index in [0.717, 1.165) is 4.90 Å². The molecule has 0 aromatic heterocycles. The fraction of sp³-hybridized carbons (Fsp3) is 0.462. The highest BCUT2D eigenvalue weighted by Gasteiger charge is 2.35. The van der Waals surface area contributed by atoms with Gasteiger partial charge in [-0.2, -0.15) is 0 Å². The fourth-order valence-electron chi connectivity index (χ4n) is 2.58. The van der Waals surface area contributed by atoms with Gasteiger partial charge in [0.2, 0.25) is 0 Å². The molecule has 1 N–H and O–H groups in total. The van der Waals surface area contributed by atoms with Gasteiger partial charge in [-0.25, -0.2) is 13.6 Å². The van der Waals surface area contributed by atoms with Crippen molar-refractivity contribution in [2.24, 2.45) is 5.92 Å². The molecule has 1 aliphatic rings. The van der Waals surface area contributed by atoms with E-state index >= 15 is 0 Å². The predicted octanol–water partition coefficient (Wildman–Crippen LogP) is 2.56. The molecule has 0 aliphatic carbocycles. The number of carbonyl (C=O) groups is 1. The molecule has 6 nitrogen and oxygen atoms in total. The van der Waals surface area contributed by atoms with Crippen LogP contribution in [0.15, 0.2) is 12.1 Å². The summed E-state index contributed by atoms with van der Waals surface area (Å²) in [5.74, 6) is -3.28. The van der Waals surface area contributed by atoms with E-state index in [-0.39, 0.29) is 18.9 Å². The second-order valence-corrected chi connectivity index (χ2v) is 5.19. The van der Waals surface area contributed by atoms with Gasteiger partial charge in [0.1, 0.15) is 11.7 Å². The van der Waals surface area contributed by atoms with E-state index in [9.17, 15) is 28.8 Å². The Kier molecular flexibility index (Phi) is 4.06. The van der Waals surface area contributed by atoms with Crippen LogP contribution < -0.4 is 4.90 Å². The molecule has 114 valence electrons. The summed E-state index contributed by atoms with van der Waals surface area (Å²) in [5.41, 5.74) is -1.22. The number of benzene rings is 1. The van der Waals surface area contributed by atoms with Gasteiger partial charge in [0.05, 0.1) is 17.1 Å². The summed E-state index contributed by atoms with van der Waals surface area (Å²) in [7, 11) is 0. The van der Waals surface area contributed by atoms with Crippen LogP contribution in [0.25, 0.3) is 0 Å². The van der Waals surface area contributed by atoms with E-state index in [1.807, 2.05) is 6.92 Å². The summed E-state index contributed by atoms with van der Waals surface area (Å²) < 4.78 is 28.0. The number of aliphatic carboxylic acids is 1. The van der Waals surface area contributed by atoms with Gasteiger partial charge in [0.25, 0.3) is 5.69 Å². The number of nitro benzene ring substituents is 1. The number of carboxylic acid groups (broad SMARTS) is 1. The highest BCUT2D eigenvalue weighted by molar-refractivity contribution is 5.79. The molecule has 8 heteroatoms. The maximum Gasteiger partial charge on any atom is 0.326 e. The monoisotopic (exact) mass is 300 g/mol. The van der Waals surface area contributed by atoms with Crippen molar-refractivity contribution in [2.45, 2.75) is 25.8 Å². The van der Waals surface area contributed by atoms with Gasteiger partial charge < -0.3 is 10.0 Å². The highest BCUT2D eigenvalue weighted by atomic mass is 19.1. The molecule has 0 radical (unpaired) electrons. The van der Waals surface area contributed by atoms with E-state index in [4.69, 9.17) is 0 Å². The van der Waals surface area contributed by atoms with E-state index in [1.54, 1.807) is 0 Å². The number of hydrogen-bond donors (Lipinski definition) is 1. The molecule has 0 amide bonds. The number of non-ortho nitro benzene ring substituents is 1. The molecule has 1 aliphatic heterocycles. The average molecular weight is 300 g/mol. The predicted molar refractivity (Wildman–Crippen MR) is 70.2 cm³/mol.